The van der Waals surface area contributed by atoms with Crippen molar-refractivity contribution in [2.45, 2.75) is 0 Å². The van der Waals surface area contributed by atoms with Gasteiger partial charge in [-0.05, 0) is 6.07 Å². The van der Waals surface area contributed by atoms with E-state index >= 15 is 0 Å². The van der Waals surface area contributed by atoms with E-state index in [2.05, 4.69) is 0 Å². The fraction of sp³-hybridized carbons (Fsp3) is 0.250. The highest BCUT2D eigenvalue weighted by atomic mass is 16.5. The van der Waals surface area contributed by atoms with Crippen molar-refractivity contribution in [2.24, 2.45) is 0 Å². The molecular weight excluding hydrogens is 222 g/mol. The summed E-state index contributed by atoms with van der Waals surface area (Å²) < 4.78 is 16.0. The lowest BCUT2D eigenvalue weighted by Gasteiger charge is -2.09. The first-order chi connectivity index (χ1) is 8.19. The molecule has 0 aliphatic rings. The van der Waals surface area contributed by atoms with E-state index in [0.717, 1.165) is 5.39 Å². The van der Waals surface area contributed by atoms with Crippen molar-refractivity contribution < 1.29 is 18.9 Å². The Labute approximate surface area is 98.7 Å². The van der Waals surface area contributed by atoms with Crippen LogP contribution in [0.1, 0.15) is 0 Å². The topological polar surface area (TPSA) is 54.6 Å². The van der Waals surface area contributed by atoms with Gasteiger partial charge >= 0.3 is 5.88 Å². The smallest absolute Gasteiger partial charge is 0.379 e. The number of fused-ring (bicyclic) bond motifs is 1. The Morgan fingerprint density at radius 3 is 2.35 bits per heavy atom. The number of rotatable bonds is 3. The Balaban J connectivity index is 2.75. The van der Waals surface area contributed by atoms with Gasteiger partial charge in [-0.15, -0.1) is 4.73 Å². The number of ether oxygens (including phenoxy) is 3. The van der Waals surface area contributed by atoms with Gasteiger partial charge < -0.3 is 19.4 Å². The summed E-state index contributed by atoms with van der Waals surface area (Å²) in [5.41, 5.74) is 0. The summed E-state index contributed by atoms with van der Waals surface area (Å²) in [5.74, 6) is 1.49. The molecule has 0 aliphatic heterocycles. The average Bonchev–Trinajstić information content (AvgIpc) is 2.36. The second kappa shape index (κ2) is 4.37. The van der Waals surface area contributed by atoms with Crippen LogP contribution in [0.5, 0.6) is 17.4 Å². The largest absolute Gasteiger partial charge is 0.616 e. The molecule has 0 bridgehead atoms. The molecule has 0 spiro atoms. The molecule has 2 aromatic rings. The third kappa shape index (κ3) is 1.91. The van der Waals surface area contributed by atoms with E-state index < -0.39 is 0 Å². The molecule has 1 aromatic carbocycles. The lowest BCUT2D eigenvalue weighted by molar-refractivity contribution is -0.610. The molecule has 0 saturated carbocycles. The van der Waals surface area contributed by atoms with E-state index in [1.807, 2.05) is 6.07 Å². The number of nitrogens with zero attached hydrogens (tertiary/aromatic N) is 1. The molecule has 0 saturated heterocycles. The van der Waals surface area contributed by atoms with Gasteiger partial charge in [-0.1, -0.05) is 0 Å². The van der Waals surface area contributed by atoms with Crippen molar-refractivity contribution >= 4 is 10.8 Å². The number of hydrogen-bond acceptors (Lipinski definition) is 4. The fourth-order valence-corrected chi connectivity index (χ4v) is 1.69. The predicted molar refractivity (Wildman–Crippen MR) is 62.6 cm³/mol. The molecular formula is C12H13NO4. The van der Waals surface area contributed by atoms with E-state index in [9.17, 15) is 5.21 Å². The van der Waals surface area contributed by atoms with Crippen molar-refractivity contribution in [3.63, 3.8) is 0 Å². The second-order valence-electron chi connectivity index (χ2n) is 3.47. The molecule has 90 valence electrons. The first-order valence-electron chi connectivity index (χ1n) is 5.02. The Bertz CT molecular complexity index is 554. The van der Waals surface area contributed by atoms with Crippen LogP contribution in [0, 0.1) is 5.21 Å². The summed E-state index contributed by atoms with van der Waals surface area (Å²) in [6, 6.07) is 5.20. The summed E-state index contributed by atoms with van der Waals surface area (Å²) in [6.45, 7) is 0. The zero-order chi connectivity index (χ0) is 12.4. The number of pyridine rings is 1. The summed E-state index contributed by atoms with van der Waals surface area (Å²) >= 11 is 0. The summed E-state index contributed by atoms with van der Waals surface area (Å²) in [4.78, 5) is 0. The van der Waals surface area contributed by atoms with E-state index in [0.29, 0.717) is 21.6 Å². The van der Waals surface area contributed by atoms with Crippen LogP contribution in [0.15, 0.2) is 24.4 Å². The second-order valence-corrected chi connectivity index (χ2v) is 3.47. The van der Waals surface area contributed by atoms with Crippen LogP contribution in [0.25, 0.3) is 10.8 Å². The third-order valence-corrected chi connectivity index (χ3v) is 2.55. The monoisotopic (exact) mass is 235 g/mol. The van der Waals surface area contributed by atoms with Crippen molar-refractivity contribution in [3.05, 3.63) is 29.6 Å². The van der Waals surface area contributed by atoms with Gasteiger partial charge in [-0.3, -0.25) is 0 Å². The third-order valence-electron chi connectivity index (χ3n) is 2.55. The predicted octanol–water partition coefficient (Wildman–Crippen LogP) is 1.50. The number of benzene rings is 1. The van der Waals surface area contributed by atoms with Gasteiger partial charge in [0.15, 0.2) is 6.20 Å². The zero-order valence-electron chi connectivity index (χ0n) is 9.89. The van der Waals surface area contributed by atoms with Crippen LogP contribution in [-0.2, 0) is 0 Å². The van der Waals surface area contributed by atoms with Crippen molar-refractivity contribution in [3.8, 4) is 17.4 Å². The first kappa shape index (κ1) is 11.3. The van der Waals surface area contributed by atoms with Gasteiger partial charge in [-0.2, -0.15) is 0 Å². The maximum Gasteiger partial charge on any atom is 0.379 e. The van der Waals surface area contributed by atoms with Crippen LogP contribution >= 0.6 is 0 Å². The first-order valence-corrected chi connectivity index (χ1v) is 5.02. The number of aromatic nitrogens is 1. The Hall–Kier alpha value is -2.17. The van der Waals surface area contributed by atoms with Crippen LogP contribution < -0.4 is 18.9 Å². The Morgan fingerprint density at radius 2 is 1.76 bits per heavy atom. The molecule has 1 heterocycles. The highest BCUT2D eigenvalue weighted by Gasteiger charge is 2.13. The van der Waals surface area contributed by atoms with E-state index in [4.69, 9.17) is 14.2 Å². The molecule has 0 amide bonds. The maximum absolute atomic E-state index is 11.6. The van der Waals surface area contributed by atoms with Crippen molar-refractivity contribution in [2.75, 3.05) is 21.3 Å². The molecule has 0 aliphatic carbocycles. The summed E-state index contributed by atoms with van der Waals surface area (Å²) in [6.07, 6.45) is 1.42. The van der Waals surface area contributed by atoms with Gasteiger partial charge in [0.25, 0.3) is 0 Å². The van der Waals surface area contributed by atoms with Crippen LogP contribution in [0.4, 0.5) is 0 Å². The van der Waals surface area contributed by atoms with E-state index in [1.165, 1.54) is 13.3 Å². The van der Waals surface area contributed by atoms with Crippen molar-refractivity contribution in [1.82, 2.24) is 0 Å². The molecule has 1 aromatic heterocycles. The normalized spacial score (nSPS) is 10.3. The van der Waals surface area contributed by atoms with E-state index in [1.54, 1.807) is 26.4 Å². The molecule has 5 nitrogen and oxygen atoms in total. The summed E-state index contributed by atoms with van der Waals surface area (Å²) in [7, 11) is 4.58. The molecule has 0 N–H and O–H groups in total. The minimum atomic E-state index is 0.229. The van der Waals surface area contributed by atoms with E-state index in [-0.39, 0.29) is 5.88 Å². The lowest BCUT2D eigenvalue weighted by Crippen LogP contribution is -2.27. The Morgan fingerprint density at radius 1 is 1.00 bits per heavy atom. The van der Waals surface area contributed by atoms with Crippen molar-refractivity contribution in [1.29, 1.82) is 0 Å². The van der Waals surface area contributed by atoms with Crippen LogP contribution in [0.2, 0.25) is 0 Å². The lowest BCUT2D eigenvalue weighted by atomic mass is 10.1. The van der Waals surface area contributed by atoms with Gasteiger partial charge in [0.05, 0.1) is 32.8 Å². The molecule has 2 rings (SSSR count). The highest BCUT2D eigenvalue weighted by Crippen LogP contribution is 2.31. The molecule has 0 radical (unpaired) electrons. The van der Waals surface area contributed by atoms with Gasteiger partial charge in [-0.25, -0.2) is 0 Å². The average molecular weight is 235 g/mol. The minimum Gasteiger partial charge on any atom is -0.616 e. The van der Waals surface area contributed by atoms with Gasteiger partial charge in [0, 0.05) is 11.5 Å². The quantitative estimate of drug-likeness (QED) is 0.597. The summed E-state index contributed by atoms with van der Waals surface area (Å²) in [5, 5.41) is 13.1. The molecule has 0 unspecified atom stereocenters. The molecule has 17 heavy (non-hydrogen) atoms. The molecule has 5 heteroatoms. The van der Waals surface area contributed by atoms with Crippen LogP contribution in [-0.4, -0.2) is 21.3 Å². The fourth-order valence-electron chi connectivity index (χ4n) is 1.69. The minimum absolute atomic E-state index is 0.229. The SMILES string of the molecule is COc1cc(OC)c2c[n+]([O-])c(OC)cc2c1. The van der Waals surface area contributed by atoms with Crippen LogP contribution in [0.3, 0.4) is 0 Å². The van der Waals surface area contributed by atoms with Gasteiger partial charge in [0.2, 0.25) is 0 Å². The molecule has 0 atom stereocenters. The highest BCUT2D eigenvalue weighted by molar-refractivity contribution is 5.89. The van der Waals surface area contributed by atoms with Gasteiger partial charge in [0.1, 0.15) is 11.5 Å². The Kier molecular flexibility index (Phi) is 2.91. The number of hydrogen-bond donors (Lipinski definition) is 0. The zero-order valence-corrected chi connectivity index (χ0v) is 9.89. The maximum atomic E-state index is 11.6. The number of methoxy groups -OCH3 is 3. The standard InChI is InChI=1S/C12H13NO4/c1-15-9-4-8-5-12(17-3)13(14)7-10(8)11(6-9)16-2/h4-7H,1-3H3. The molecule has 0 fully saturated rings.